The molecule has 25 heavy (non-hydrogen) atoms. The highest BCUT2D eigenvalue weighted by molar-refractivity contribution is 5.91. The van der Waals surface area contributed by atoms with E-state index in [1.54, 1.807) is 0 Å². The van der Waals surface area contributed by atoms with Crippen LogP contribution in [0, 0.1) is 5.92 Å². The largest absolute Gasteiger partial charge is 0.416 e. The van der Waals surface area contributed by atoms with Crippen LogP contribution in [0.2, 0.25) is 0 Å². The van der Waals surface area contributed by atoms with Gasteiger partial charge < -0.3 is 10.6 Å². The van der Waals surface area contributed by atoms with E-state index in [2.05, 4.69) is 20.9 Å². The van der Waals surface area contributed by atoms with Gasteiger partial charge in [-0.05, 0) is 50.0 Å². The summed E-state index contributed by atoms with van der Waals surface area (Å²) in [6, 6.07) is 4.70. The molecule has 1 aliphatic heterocycles. The van der Waals surface area contributed by atoms with Crippen LogP contribution in [0.15, 0.2) is 30.5 Å². The molecule has 6 nitrogen and oxygen atoms in total. The minimum atomic E-state index is -4.44. The van der Waals surface area contributed by atoms with Gasteiger partial charge in [-0.2, -0.15) is 13.2 Å². The molecule has 1 fully saturated rings. The summed E-state index contributed by atoms with van der Waals surface area (Å²) in [6.45, 7) is 2.38. The van der Waals surface area contributed by atoms with Crippen LogP contribution in [-0.4, -0.2) is 40.5 Å². The van der Waals surface area contributed by atoms with E-state index in [0.717, 1.165) is 42.7 Å². The van der Waals surface area contributed by atoms with Gasteiger partial charge in [0, 0.05) is 6.54 Å². The molecule has 1 aromatic carbocycles. The van der Waals surface area contributed by atoms with Crippen molar-refractivity contribution in [1.82, 2.24) is 25.6 Å². The summed E-state index contributed by atoms with van der Waals surface area (Å²) in [5.74, 6) is -0.0139. The Labute approximate surface area is 142 Å². The lowest BCUT2D eigenvalue weighted by Gasteiger charge is -2.22. The molecule has 9 heteroatoms. The van der Waals surface area contributed by atoms with E-state index in [-0.39, 0.29) is 17.3 Å². The third kappa shape index (κ3) is 4.36. The van der Waals surface area contributed by atoms with Gasteiger partial charge >= 0.3 is 6.18 Å². The number of rotatable bonds is 4. The van der Waals surface area contributed by atoms with Gasteiger partial charge in [0.1, 0.15) is 0 Å². The van der Waals surface area contributed by atoms with Crippen molar-refractivity contribution in [2.45, 2.75) is 19.0 Å². The summed E-state index contributed by atoms with van der Waals surface area (Å²) >= 11 is 0. The second-order valence-electron chi connectivity index (χ2n) is 6.02. The van der Waals surface area contributed by atoms with E-state index in [4.69, 9.17) is 0 Å². The van der Waals surface area contributed by atoms with Gasteiger partial charge in [0.15, 0.2) is 5.69 Å². The number of benzene rings is 1. The van der Waals surface area contributed by atoms with Gasteiger partial charge in [0.2, 0.25) is 0 Å². The molecule has 1 aliphatic rings. The zero-order valence-electron chi connectivity index (χ0n) is 13.4. The number of piperidine rings is 1. The lowest BCUT2D eigenvalue weighted by atomic mass is 10.00. The number of alkyl halides is 3. The van der Waals surface area contributed by atoms with Crippen LogP contribution in [0.4, 0.5) is 13.2 Å². The Balaban J connectivity index is 1.66. The van der Waals surface area contributed by atoms with Crippen molar-refractivity contribution in [2.75, 3.05) is 19.6 Å². The molecule has 134 valence electrons. The molecule has 1 amide bonds. The zero-order valence-corrected chi connectivity index (χ0v) is 13.4. The summed E-state index contributed by atoms with van der Waals surface area (Å²) in [4.78, 5) is 12.1. The third-order valence-corrected chi connectivity index (χ3v) is 4.11. The number of hydrogen-bond acceptors (Lipinski definition) is 4. The minimum absolute atomic E-state index is 0.0705. The van der Waals surface area contributed by atoms with Crippen LogP contribution in [0.25, 0.3) is 5.69 Å². The molecule has 0 spiro atoms. The van der Waals surface area contributed by atoms with E-state index in [1.165, 1.54) is 18.3 Å². The number of nitrogens with zero attached hydrogens (tertiary/aromatic N) is 3. The highest BCUT2D eigenvalue weighted by Crippen LogP contribution is 2.30. The highest BCUT2D eigenvalue weighted by atomic mass is 19.4. The summed E-state index contributed by atoms with van der Waals surface area (Å²) in [6.07, 6.45) is -0.995. The fourth-order valence-corrected chi connectivity index (χ4v) is 2.74. The van der Waals surface area contributed by atoms with Crippen LogP contribution in [0.3, 0.4) is 0 Å². The van der Waals surface area contributed by atoms with Crippen LogP contribution in [0.1, 0.15) is 28.9 Å². The maximum absolute atomic E-state index is 12.8. The van der Waals surface area contributed by atoms with Crippen molar-refractivity contribution in [3.8, 4) is 5.69 Å². The molecule has 1 saturated heterocycles. The third-order valence-electron chi connectivity index (χ3n) is 4.11. The number of aromatic nitrogens is 3. The van der Waals surface area contributed by atoms with E-state index in [0.29, 0.717) is 12.5 Å². The van der Waals surface area contributed by atoms with E-state index in [9.17, 15) is 18.0 Å². The number of amides is 1. The normalized spacial score (nSPS) is 18.1. The zero-order chi connectivity index (χ0) is 17.9. The lowest BCUT2D eigenvalue weighted by molar-refractivity contribution is -0.137. The molecule has 0 radical (unpaired) electrons. The molecule has 0 bridgehead atoms. The Morgan fingerprint density at radius 1 is 1.40 bits per heavy atom. The molecule has 0 saturated carbocycles. The van der Waals surface area contributed by atoms with Gasteiger partial charge in [-0.15, -0.1) is 5.10 Å². The van der Waals surface area contributed by atoms with Gasteiger partial charge in [-0.25, -0.2) is 4.68 Å². The second kappa shape index (κ2) is 7.22. The van der Waals surface area contributed by atoms with E-state index >= 15 is 0 Å². The van der Waals surface area contributed by atoms with Crippen molar-refractivity contribution in [2.24, 2.45) is 5.92 Å². The lowest BCUT2D eigenvalue weighted by Crippen LogP contribution is -2.38. The van der Waals surface area contributed by atoms with Gasteiger partial charge in [-0.1, -0.05) is 11.3 Å². The fraction of sp³-hybridized carbons (Fsp3) is 0.438. The number of carbonyl (C=O) groups excluding carboxylic acids is 1. The Hall–Kier alpha value is -2.42. The van der Waals surface area contributed by atoms with Crippen LogP contribution in [-0.2, 0) is 6.18 Å². The Kier molecular flexibility index (Phi) is 5.03. The highest BCUT2D eigenvalue weighted by Gasteiger charge is 2.30. The molecule has 1 aromatic heterocycles. The van der Waals surface area contributed by atoms with Crippen LogP contribution >= 0.6 is 0 Å². The topological polar surface area (TPSA) is 71.8 Å². The first-order valence-electron chi connectivity index (χ1n) is 8.02. The molecular formula is C16H18F3N5O. The minimum Gasteiger partial charge on any atom is -0.350 e. The van der Waals surface area contributed by atoms with Crippen molar-refractivity contribution < 1.29 is 18.0 Å². The average molecular weight is 353 g/mol. The molecule has 2 N–H and O–H groups in total. The molecule has 2 heterocycles. The predicted octanol–water partition coefficient (Wildman–Crippen LogP) is 2.02. The standard InChI is InChI=1S/C16H18F3N5O/c17-16(18,19)12-4-1-5-13(7-12)24-10-14(22-23-24)15(25)21-9-11-3-2-6-20-8-11/h1,4-5,7,10-11,20H,2-3,6,8-9H2,(H,21,25). The monoisotopic (exact) mass is 353 g/mol. The average Bonchev–Trinajstić information content (AvgIpc) is 3.10. The summed E-state index contributed by atoms with van der Waals surface area (Å²) in [7, 11) is 0. The van der Waals surface area contributed by atoms with Gasteiger partial charge in [0.05, 0.1) is 17.4 Å². The smallest absolute Gasteiger partial charge is 0.350 e. The van der Waals surface area contributed by atoms with Crippen LogP contribution < -0.4 is 10.6 Å². The maximum atomic E-state index is 12.8. The van der Waals surface area contributed by atoms with Crippen LogP contribution in [0.5, 0.6) is 0 Å². The summed E-state index contributed by atoms with van der Waals surface area (Å²) < 4.78 is 39.5. The summed E-state index contributed by atoms with van der Waals surface area (Å²) in [5, 5.41) is 13.6. The Morgan fingerprint density at radius 3 is 2.96 bits per heavy atom. The Bertz CT molecular complexity index is 737. The van der Waals surface area contributed by atoms with Crippen molar-refractivity contribution in [3.05, 3.63) is 41.7 Å². The first-order valence-corrected chi connectivity index (χ1v) is 8.02. The van der Waals surface area contributed by atoms with Crippen molar-refractivity contribution >= 4 is 5.91 Å². The molecule has 1 unspecified atom stereocenters. The first kappa shape index (κ1) is 17.4. The predicted molar refractivity (Wildman–Crippen MR) is 84.3 cm³/mol. The van der Waals surface area contributed by atoms with Gasteiger partial charge in [0.25, 0.3) is 5.91 Å². The first-order chi connectivity index (χ1) is 11.9. The number of hydrogen-bond donors (Lipinski definition) is 2. The molecule has 0 aliphatic carbocycles. The van der Waals surface area contributed by atoms with E-state index < -0.39 is 11.7 Å². The van der Waals surface area contributed by atoms with Crippen molar-refractivity contribution in [3.63, 3.8) is 0 Å². The Morgan fingerprint density at radius 2 is 2.24 bits per heavy atom. The SMILES string of the molecule is O=C(NCC1CCCNC1)c1cn(-c2cccc(C(F)(F)F)c2)nn1. The number of nitrogens with one attached hydrogen (secondary N) is 2. The number of carbonyl (C=O) groups is 1. The quantitative estimate of drug-likeness (QED) is 0.882. The molecular weight excluding hydrogens is 335 g/mol. The number of halogens is 3. The molecule has 3 rings (SSSR count). The molecule has 2 aromatic rings. The summed E-state index contributed by atoms with van der Waals surface area (Å²) in [5.41, 5.74) is -0.518. The van der Waals surface area contributed by atoms with Gasteiger partial charge in [-0.3, -0.25) is 4.79 Å². The molecule has 1 atom stereocenters. The second-order valence-corrected chi connectivity index (χ2v) is 6.02. The van der Waals surface area contributed by atoms with Crippen molar-refractivity contribution in [1.29, 1.82) is 0 Å². The van der Waals surface area contributed by atoms with E-state index in [1.807, 2.05) is 0 Å². The maximum Gasteiger partial charge on any atom is 0.416 e. The fourth-order valence-electron chi connectivity index (χ4n) is 2.74.